The third kappa shape index (κ3) is 2.56. The lowest BCUT2D eigenvalue weighted by molar-refractivity contribution is 0.619. The molecular weight excluding hydrogens is 334 g/mol. The zero-order chi connectivity index (χ0) is 18.1. The predicted molar refractivity (Wildman–Crippen MR) is 104 cm³/mol. The maximum atomic E-state index is 4.56. The summed E-state index contributed by atoms with van der Waals surface area (Å²) in [5.41, 5.74) is 6.07. The van der Waals surface area contributed by atoms with E-state index in [9.17, 15) is 0 Å². The molecule has 0 saturated heterocycles. The van der Waals surface area contributed by atoms with E-state index in [-0.39, 0.29) is 5.41 Å². The summed E-state index contributed by atoms with van der Waals surface area (Å²) in [6.07, 6.45) is 14.4. The van der Waals surface area contributed by atoms with Gasteiger partial charge in [-0.15, -0.1) is 0 Å². The number of aromatic amines is 1. The van der Waals surface area contributed by atoms with Crippen molar-refractivity contribution in [2.75, 3.05) is 0 Å². The van der Waals surface area contributed by atoms with Crippen molar-refractivity contribution in [3.05, 3.63) is 102 Å². The van der Waals surface area contributed by atoms with Crippen molar-refractivity contribution < 1.29 is 0 Å². The van der Waals surface area contributed by atoms with E-state index in [2.05, 4.69) is 61.6 Å². The third-order valence-electron chi connectivity index (χ3n) is 5.17. The van der Waals surface area contributed by atoms with Crippen molar-refractivity contribution in [1.82, 2.24) is 25.1 Å². The van der Waals surface area contributed by atoms with Crippen molar-refractivity contribution in [2.24, 2.45) is 0 Å². The number of pyridine rings is 3. The number of H-pyrrole nitrogens is 1. The Balaban J connectivity index is 1.66. The minimum atomic E-state index is -0.285. The molecule has 0 bridgehead atoms. The van der Waals surface area contributed by atoms with Gasteiger partial charge in [-0.3, -0.25) is 20.1 Å². The van der Waals surface area contributed by atoms with Crippen molar-refractivity contribution in [1.29, 1.82) is 0 Å². The average molecular weight is 351 g/mol. The molecule has 27 heavy (non-hydrogen) atoms. The van der Waals surface area contributed by atoms with Crippen LogP contribution in [0.4, 0.5) is 0 Å². The molecule has 0 fully saturated rings. The summed E-state index contributed by atoms with van der Waals surface area (Å²) < 4.78 is 0. The maximum Gasteiger partial charge on any atom is 0.118 e. The van der Waals surface area contributed by atoms with E-state index in [4.69, 9.17) is 0 Å². The van der Waals surface area contributed by atoms with E-state index < -0.39 is 0 Å². The molecule has 0 spiro atoms. The number of nitrogens with one attached hydrogen (secondary N) is 1. The van der Waals surface area contributed by atoms with Crippen LogP contribution in [-0.4, -0.2) is 25.1 Å². The number of aromatic nitrogens is 5. The van der Waals surface area contributed by atoms with Crippen LogP contribution < -0.4 is 0 Å². The first-order chi connectivity index (χ1) is 13.4. The van der Waals surface area contributed by atoms with Crippen molar-refractivity contribution in [2.45, 2.75) is 11.8 Å². The van der Waals surface area contributed by atoms with Crippen LogP contribution in [0.25, 0.3) is 17.5 Å². The highest BCUT2D eigenvalue weighted by molar-refractivity contribution is 5.74. The number of allylic oxidation sites excluding steroid dienone is 1. The molecule has 5 nitrogen and oxygen atoms in total. The summed E-state index contributed by atoms with van der Waals surface area (Å²) in [5, 5.41) is 7.80. The molecule has 0 radical (unpaired) electrons. The van der Waals surface area contributed by atoms with Gasteiger partial charge in [0.05, 0.1) is 5.69 Å². The van der Waals surface area contributed by atoms with Gasteiger partial charge < -0.3 is 0 Å². The van der Waals surface area contributed by atoms with Crippen LogP contribution in [0.2, 0.25) is 0 Å². The minimum Gasteiger partial charge on any atom is -0.281 e. The minimum absolute atomic E-state index is 0.285. The van der Waals surface area contributed by atoms with E-state index >= 15 is 0 Å². The Bertz CT molecular complexity index is 1050. The zero-order valence-electron chi connectivity index (χ0n) is 14.6. The average Bonchev–Trinajstić information content (AvgIpc) is 3.18. The fourth-order valence-corrected chi connectivity index (χ4v) is 3.82. The second-order valence-corrected chi connectivity index (χ2v) is 6.63. The summed E-state index contributed by atoms with van der Waals surface area (Å²) >= 11 is 0. The van der Waals surface area contributed by atoms with E-state index in [1.165, 1.54) is 11.1 Å². The van der Waals surface area contributed by atoms with E-state index in [1.54, 1.807) is 6.20 Å². The van der Waals surface area contributed by atoms with Gasteiger partial charge in [0.25, 0.3) is 0 Å². The molecule has 1 aliphatic carbocycles. The number of fused-ring (bicyclic) bond motifs is 1. The summed E-state index contributed by atoms with van der Waals surface area (Å²) in [4.78, 5) is 12.8. The number of nitrogens with zero attached hydrogens (tertiary/aromatic N) is 4. The van der Waals surface area contributed by atoms with Crippen LogP contribution in [0, 0.1) is 0 Å². The van der Waals surface area contributed by atoms with Gasteiger partial charge in [-0.1, -0.05) is 18.2 Å². The van der Waals surface area contributed by atoms with Crippen LogP contribution in [-0.2, 0) is 11.8 Å². The molecule has 0 amide bonds. The molecule has 4 aromatic rings. The topological polar surface area (TPSA) is 67.3 Å². The summed E-state index contributed by atoms with van der Waals surface area (Å²) in [6.45, 7) is 0. The Morgan fingerprint density at radius 2 is 1.52 bits per heavy atom. The highest BCUT2D eigenvalue weighted by Gasteiger charge is 2.36. The van der Waals surface area contributed by atoms with Gasteiger partial charge in [-0.05, 0) is 47.5 Å². The maximum absolute atomic E-state index is 4.56. The molecular formula is C22H17N5. The van der Waals surface area contributed by atoms with Crippen LogP contribution in [0.1, 0.15) is 22.4 Å². The molecule has 5 rings (SSSR count). The van der Waals surface area contributed by atoms with Crippen LogP contribution >= 0.6 is 0 Å². The second-order valence-electron chi connectivity index (χ2n) is 6.63. The Morgan fingerprint density at radius 1 is 0.815 bits per heavy atom. The first kappa shape index (κ1) is 15.6. The Hall–Kier alpha value is -3.60. The fraction of sp³-hybridized carbons (Fsp3) is 0.0909. The molecule has 1 N–H and O–H groups in total. The number of hydrogen-bond donors (Lipinski definition) is 1. The molecule has 5 heteroatoms. The third-order valence-corrected chi connectivity index (χ3v) is 5.17. The monoisotopic (exact) mass is 351 g/mol. The first-order valence-corrected chi connectivity index (χ1v) is 8.86. The van der Waals surface area contributed by atoms with Crippen LogP contribution in [0.15, 0.2) is 79.5 Å². The van der Waals surface area contributed by atoms with E-state index in [0.29, 0.717) is 0 Å². The van der Waals surface area contributed by atoms with Crippen LogP contribution in [0.3, 0.4) is 0 Å². The molecule has 4 heterocycles. The van der Waals surface area contributed by atoms with Gasteiger partial charge in [0.2, 0.25) is 0 Å². The Kier molecular flexibility index (Phi) is 3.64. The Labute approximate surface area is 156 Å². The van der Waals surface area contributed by atoms with Crippen molar-refractivity contribution in [3.63, 3.8) is 0 Å². The quantitative estimate of drug-likeness (QED) is 0.609. The van der Waals surface area contributed by atoms with Gasteiger partial charge in [0.1, 0.15) is 5.69 Å². The first-order valence-electron chi connectivity index (χ1n) is 8.86. The van der Waals surface area contributed by atoms with Gasteiger partial charge in [0.15, 0.2) is 0 Å². The number of rotatable bonds is 3. The smallest absolute Gasteiger partial charge is 0.118 e. The molecule has 0 unspecified atom stereocenters. The molecule has 0 atom stereocenters. The summed E-state index contributed by atoms with van der Waals surface area (Å²) in [5.74, 6) is 0. The number of hydrogen-bond acceptors (Lipinski definition) is 4. The molecule has 4 aromatic heterocycles. The van der Waals surface area contributed by atoms with Crippen molar-refractivity contribution in [3.8, 4) is 11.4 Å². The SMILES string of the molecule is C1=CC(c2ccncc2)(c2ccncc2)Cc2[nH]nc(-c3ccccn3)c21. The second kappa shape index (κ2) is 6.29. The van der Waals surface area contributed by atoms with E-state index in [1.807, 2.05) is 43.0 Å². The summed E-state index contributed by atoms with van der Waals surface area (Å²) in [6, 6.07) is 14.2. The van der Waals surface area contributed by atoms with Crippen LogP contribution in [0.5, 0.6) is 0 Å². The molecule has 1 aliphatic rings. The van der Waals surface area contributed by atoms with Gasteiger partial charge in [-0.25, -0.2) is 0 Å². The lowest BCUT2D eigenvalue weighted by Crippen LogP contribution is -2.30. The largest absolute Gasteiger partial charge is 0.281 e. The summed E-state index contributed by atoms with van der Waals surface area (Å²) in [7, 11) is 0. The molecule has 0 saturated carbocycles. The fourth-order valence-electron chi connectivity index (χ4n) is 3.82. The zero-order valence-corrected chi connectivity index (χ0v) is 14.6. The normalized spacial score (nSPS) is 14.7. The highest BCUT2D eigenvalue weighted by atomic mass is 15.1. The molecule has 0 aliphatic heterocycles. The van der Waals surface area contributed by atoms with Crippen molar-refractivity contribution >= 4 is 6.08 Å². The Morgan fingerprint density at radius 3 is 2.15 bits per heavy atom. The van der Waals surface area contributed by atoms with Gasteiger partial charge in [-0.2, -0.15) is 5.10 Å². The van der Waals surface area contributed by atoms with Gasteiger partial charge in [0, 0.05) is 54.1 Å². The lowest BCUT2D eigenvalue weighted by Gasteiger charge is -2.34. The molecule has 130 valence electrons. The van der Waals surface area contributed by atoms with Gasteiger partial charge >= 0.3 is 0 Å². The predicted octanol–water partition coefficient (Wildman–Crippen LogP) is 3.82. The van der Waals surface area contributed by atoms with E-state index in [0.717, 1.165) is 29.1 Å². The lowest BCUT2D eigenvalue weighted by atomic mass is 9.69. The molecule has 0 aromatic carbocycles. The highest BCUT2D eigenvalue weighted by Crippen LogP contribution is 2.42. The standard InChI is InChI=1S/C22H17N5/c1-2-10-25-19(3-1)21-18-4-9-22(15-20(18)26-27-21,16-5-11-23-12-6-16)17-7-13-24-14-8-17/h1-14H,15H2,(H,26,27).